The number of nitrogens with one attached hydrogen (secondary N) is 1. The molecule has 0 saturated heterocycles. The fourth-order valence-corrected chi connectivity index (χ4v) is 2.63. The Kier molecular flexibility index (Phi) is 6.62. The molecular formula is C14H21BrClN3O. The van der Waals surface area contributed by atoms with E-state index in [0.29, 0.717) is 5.02 Å². The Morgan fingerprint density at radius 2 is 2.15 bits per heavy atom. The van der Waals surface area contributed by atoms with Crippen LogP contribution < -0.4 is 11.1 Å². The lowest BCUT2D eigenvalue weighted by Crippen LogP contribution is -2.31. The van der Waals surface area contributed by atoms with Gasteiger partial charge in [0.1, 0.15) is 5.84 Å². The van der Waals surface area contributed by atoms with E-state index in [1.165, 1.54) is 0 Å². The number of unbranched alkanes of at least 4 members (excludes halogenated alkanes) is 1. The zero-order chi connectivity index (χ0) is 15.2. The smallest absolute Gasteiger partial charge is 0.144 e. The van der Waals surface area contributed by atoms with Crippen molar-refractivity contribution in [2.75, 3.05) is 11.9 Å². The largest absolute Gasteiger partial charge is 0.409 e. The molecule has 0 radical (unpaired) electrons. The Morgan fingerprint density at radius 1 is 1.45 bits per heavy atom. The van der Waals surface area contributed by atoms with Crippen molar-refractivity contribution in [3.8, 4) is 0 Å². The molecule has 20 heavy (non-hydrogen) atoms. The van der Waals surface area contributed by atoms with Crippen LogP contribution in [0.3, 0.4) is 0 Å². The Morgan fingerprint density at radius 3 is 2.75 bits per heavy atom. The first-order valence-electron chi connectivity index (χ1n) is 6.54. The number of nitrogens with zero attached hydrogens (tertiary/aromatic N) is 1. The van der Waals surface area contributed by atoms with Crippen LogP contribution in [0.1, 0.15) is 33.1 Å². The lowest BCUT2D eigenvalue weighted by Gasteiger charge is -2.22. The van der Waals surface area contributed by atoms with Crippen molar-refractivity contribution in [1.29, 1.82) is 0 Å². The average molecular weight is 363 g/mol. The van der Waals surface area contributed by atoms with Gasteiger partial charge in [0.25, 0.3) is 0 Å². The van der Waals surface area contributed by atoms with Crippen LogP contribution >= 0.6 is 27.5 Å². The predicted octanol–water partition coefficient (Wildman–Crippen LogP) is 4.46. The van der Waals surface area contributed by atoms with Crippen LogP contribution in [0.15, 0.2) is 27.8 Å². The van der Waals surface area contributed by atoms with Crippen molar-refractivity contribution < 1.29 is 5.21 Å². The number of hydrogen-bond acceptors (Lipinski definition) is 3. The van der Waals surface area contributed by atoms with Gasteiger partial charge in [-0.1, -0.05) is 37.0 Å². The first-order chi connectivity index (χ1) is 9.36. The highest BCUT2D eigenvalue weighted by molar-refractivity contribution is 9.10. The normalized spacial score (nSPS) is 12.5. The summed E-state index contributed by atoms with van der Waals surface area (Å²) in [4.78, 5) is 0. The number of halogens is 2. The zero-order valence-corrected chi connectivity index (χ0v) is 14.1. The molecule has 0 aliphatic carbocycles. The lowest BCUT2D eigenvalue weighted by atomic mass is 9.86. The molecule has 0 aliphatic rings. The van der Waals surface area contributed by atoms with Gasteiger partial charge in [0.2, 0.25) is 0 Å². The molecule has 4 nitrogen and oxygen atoms in total. The van der Waals surface area contributed by atoms with E-state index >= 15 is 0 Å². The fourth-order valence-electron chi connectivity index (χ4n) is 1.81. The second-order valence-electron chi connectivity index (χ2n) is 5.38. The molecule has 0 bridgehead atoms. The van der Waals surface area contributed by atoms with Gasteiger partial charge in [-0.25, -0.2) is 0 Å². The van der Waals surface area contributed by atoms with Crippen LogP contribution in [0, 0.1) is 5.41 Å². The molecule has 0 amide bonds. The summed E-state index contributed by atoms with van der Waals surface area (Å²) in [7, 11) is 0. The maximum absolute atomic E-state index is 8.71. The Balaban J connectivity index is 2.32. The summed E-state index contributed by atoms with van der Waals surface area (Å²) in [5.41, 5.74) is 6.42. The topological polar surface area (TPSA) is 70.6 Å². The summed E-state index contributed by atoms with van der Waals surface area (Å²) in [6.45, 7) is 4.82. The number of benzene rings is 1. The predicted molar refractivity (Wildman–Crippen MR) is 88.7 cm³/mol. The summed E-state index contributed by atoms with van der Waals surface area (Å²) in [6, 6.07) is 5.67. The van der Waals surface area contributed by atoms with Crippen LogP contribution in [0.2, 0.25) is 5.02 Å². The summed E-state index contributed by atoms with van der Waals surface area (Å²) >= 11 is 9.36. The van der Waals surface area contributed by atoms with Crippen LogP contribution in [-0.4, -0.2) is 17.6 Å². The van der Waals surface area contributed by atoms with Crippen molar-refractivity contribution in [2.45, 2.75) is 33.1 Å². The molecule has 0 spiro atoms. The molecule has 1 aromatic rings. The van der Waals surface area contributed by atoms with E-state index in [0.717, 1.165) is 36.0 Å². The second-order valence-corrected chi connectivity index (χ2v) is 6.67. The van der Waals surface area contributed by atoms with Crippen LogP contribution in [0.25, 0.3) is 0 Å². The number of amidine groups is 1. The number of anilines is 1. The SMILES string of the molecule is CC(C)(CCCCNc1ccc(Cl)cc1Br)/C(N)=N/O. The van der Waals surface area contributed by atoms with E-state index in [1.807, 2.05) is 32.0 Å². The molecule has 0 aliphatic heterocycles. The van der Waals surface area contributed by atoms with Crippen molar-refractivity contribution >= 4 is 39.1 Å². The minimum atomic E-state index is -0.268. The summed E-state index contributed by atoms with van der Waals surface area (Å²) in [6.07, 6.45) is 2.89. The van der Waals surface area contributed by atoms with Crippen molar-refractivity contribution in [2.24, 2.45) is 16.3 Å². The molecule has 0 heterocycles. The van der Waals surface area contributed by atoms with E-state index in [-0.39, 0.29) is 11.3 Å². The van der Waals surface area contributed by atoms with Crippen LogP contribution in [0.4, 0.5) is 5.69 Å². The maximum atomic E-state index is 8.71. The molecule has 1 aromatic carbocycles. The minimum Gasteiger partial charge on any atom is -0.409 e. The highest BCUT2D eigenvalue weighted by Gasteiger charge is 2.22. The molecular weight excluding hydrogens is 342 g/mol. The zero-order valence-electron chi connectivity index (χ0n) is 11.8. The molecule has 0 unspecified atom stereocenters. The first kappa shape index (κ1) is 17.1. The molecule has 0 saturated carbocycles. The molecule has 1 rings (SSSR count). The number of hydrogen-bond donors (Lipinski definition) is 3. The van der Waals surface area contributed by atoms with Gasteiger partial charge in [0, 0.05) is 27.1 Å². The number of rotatable bonds is 7. The van der Waals surface area contributed by atoms with Gasteiger partial charge in [-0.3, -0.25) is 0 Å². The molecule has 0 atom stereocenters. The van der Waals surface area contributed by atoms with Gasteiger partial charge in [0.15, 0.2) is 0 Å². The molecule has 0 fully saturated rings. The van der Waals surface area contributed by atoms with Gasteiger partial charge in [-0.05, 0) is 47.0 Å². The standard InChI is InChI=1S/C14H21BrClN3O/c1-14(2,13(17)19-20)7-3-4-8-18-12-6-5-10(16)9-11(12)15/h5-6,9,18,20H,3-4,7-8H2,1-2H3,(H2,17,19). The Hall–Kier alpha value is -0.940. The minimum absolute atomic E-state index is 0.268. The Bertz CT molecular complexity index is 477. The summed E-state index contributed by atoms with van der Waals surface area (Å²) in [5.74, 6) is 0.283. The molecule has 0 aromatic heterocycles. The van der Waals surface area contributed by atoms with E-state index < -0.39 is 0 Å². The third-order valence-corrected chi connectivity index (χ3v) is 4.17. The monoisotopic (exact) mass is 361 g/mol. The third kappa shape index (κ3) is 5.21. The molecule has 6 heteroatoms. The van der Waals surface area contributed by atoms with Gasteiger partial charge in [0.05, 0.1) is 0 Å². The highest BCUT2D eigenvalue weighted by atomic mass is 79.9. The number of oxime groups is 1. The quantitative estimate of drug-likeness (QED) is 0.220. The lowest BCUT2D eigenvalue weighted by molar-refractivity contribution is 0.304. The first-order valence-corrected chi connectivity index (χ1v) is 7.71. The van der Waals surface area contributed by atoms with Crippen molar-refractivity contribution in [3.05, 3.63) is 27.7 Å². The maximum Gasteiger partial charge on any atom is 0.144 e. The fraction of sp³-hybridized carbons (Fsp3) is 0.500. The Labute approximate surface area is 133 Å². The van der Waals surface area contributed by atoms with Crippen LogP contribution in [-0.2, 0) is 0 Å². The van der Waals surface area contributed by atoms with Crippen LogP contribution in [0.5, 0.6) is 0 Å². The van der Waals surface area contributed by atoms with Gasteiger partial charge in [-0.2, -0.15) is 0 Å². The van der Waals surface area contributed by atoms with E-state index in [1.54, 1.807) is 0 Å². The van der Waals surface area contributed by atoms with Gasteiger partial charge < -0.3 is 16.3 Å². The van der Waals surface area contributed by atoms with Crippen molar-refractivity contribution in [1.82, 2.24) is 0 Å². The summed E-state index contributed by atoms with van der Waals surface area (Å²) in [5, 5.41) is 15.9. The third-order valence-electron chi connectivity index (χ3n) is 3.28. The highest BCUT2D eigenvalue weighted by Crippen LogP contribution is 2.26. The molecule has 4 N–H and O–H groups in total. The second kappa shape index (κ2) is 7.74. The van der Waals surface area contributed by atoms with E-state index in [9.17, 15) is 0 Å². The van der Waals surface area contributed by atoms with E-state index in [4.69, 9.17) is 22.5 Å². The van der Waals surface area contributed by atoms with Crippen molar-refractivity contribution in [3.63, 3.8) is 0 Å². The van der Waals surface area contributed by atoms with Gasteiger partial charge in [-0.15, -0.1) is 0 Å². The average Bonchev–Trinajstić information content (AvgIpc) is 2.39. The van der Waals surface area contributed by atoms with Gasteiger partial charge >= 0.3 is 0 Å². The number of nitrogens with two attached hydrogens (primary N) is 1. The summed E-state index contributed by atoms with van der Waals surface area (Å²) < 4.78 is 0.960. The van der Waals surface area contributed by atoms with E-state index in [2.05, 4.69) is 26.4 Å². The molecule has 112 valence electrons.